The van der Waals surface area contributed by atoms with Gasteiger partial charge in [-0.1, -0.05) is 62.4 Å². The Labute approximate surface area is 342 Å². The van der Waals surface area contributed by atoms with E-state index < -0.39 is 46.4 Å². The number of Topliss-reactive ketones (excluding diaryl/α,β-unsaturated/α-hetero) is 4. The monoisotopic (exact) mass is 818 g/mol. The second-order valence-corrected chi connectivity index (χ2v) is 17.3. The van der Waals surface area contributed by atoms with Crippen LogP contribution in [0.3, 0.4) is 0 Å². The molecule has 5 aliphatic rings. The molecule has 0 radical (unpaired) electrons. The van der Waals surface area contributed by atoms with Crippen molar-refractivity contribution < 1.29 is 36.7 Å². The molecule has 0 spiro atoms. The summed E-state index contributed by atoms with van der Waals surface area (Å²) in [7, 11) is 0. The fourth-order valence-electron chi connectivity index (χ4n) is 9.66. The van der Waals surface area contributed by atoms with Crippen molar-refractivity contribution in [3.63, 3.8) is 0 Å². The van der Waals surface area contributed by atoms with Crippen LogP contribution >= 0.6 is 22.7 Å². The molecule has 0 N–H and O–H groups in total. The number of carbonyl (C=O) groups is 4. The van der Waals surface area contributed by atoms with Gasteiger partial charge in [-0.15, -0.1) is 22.7 Å². The second kappa shape index (κ2) is 12.3. The Bertz CT molecular complexity index is 2910. The third-order valence-corrected chi connectivity index (χ3v) is 15.1. The number of benzene rings is 4. The van der Waals surface area contributed by atoms with Crippen molar-refractivity contribution in [2.75, 3.05) is 0 Å². The molecule has 0 bridgehead atoms. The molecule has 286 valence electrons. The lowest BCUT2D eigenvalue weighted by Crippen LogP contribution is -2.22. The first-order valence-electron chi connectivity index (χ1n) is 19.0. The number of allylic oxidation sites excluding steroid dienone is 6. The minimum atomic E-state index is -1.19. The first-order valence-corrected chi connectivity index (χ1v) is 20.7. The van der Waals surface area contributed by atoms with Crippen molar-refractivity contribution in [1.29, 1.82) is 0 Å². The summed E-state index contributed by atoms with van der Waals surface area (Å²) in [6, 6.07) is 22.6. The lowest BCUT2D eigenvalue weighted by Gasteiger charge is -2.28. The van der Waals surface area contributed by atoms with Crippen molar-refractivity contribution >= 4 is 68.1 Å². The summed E-state index contributed by atoms with van der Waals surface area (Å²) < 4.78 is 56.9. The number of rotatable bonds is 4. The van der Waals surface area contributed by atoms with E-state index in [1.807, 2.05) is 60.7 Å². The smallest absolute Gasteiger partial charge is 0.198 e. The van der Waals surface area contributed by atoms with Gasteiger partial charge in [-0.3, -0.25) is 19.2 Å². The highest BCUT2D eigenvalue weighted by Crippen LogP contribution is 2.61. The average molecular weight is 819 g/mol. The second-order valence-electron chi connectivity index (χ2n) is 15.2. The zero-order valence-electron chi connectivity index (χ0n) is 31.1. The summed E-state index contributed by atoms with van der Waals surface area (Å²) in [4.78, 5) is 58.7. The number of fused-ring (bicyclic) bond motifs is 7. The van der Waals surface area contributed by atoms with E-state index in [-0.39, 0.29) is 38.8 Å². The molecule has 2 aromatic heterocycles. The third kappa shape index (κ3) is 4.64. The van der Waals surface area contributed by atoms with Gasteiger partial charge in [0.25, 0.3) is 0 Å². The highest BCUT2D eigenvalue weighted by molar-refractivity contribution is 7.23. The topological polar surface area (TPSA) is 68.3 Å². The largest absolute Gasteiger partial charge is 0.288 e. The minimum absolute atomic E-state index is 0.109. The molecule has 0 fully saturated rings. The summed E-state index contributed by atoms with van der Waals surface area (Å²) in [5.74, 6) is -7.31. The molecule has 0 amide bonds. The Morgan fingerprint density at radius 1 is 0.458 bits per heavy atom. The van der Waals surface area contributed by atoms with E-state index in [1.54, 1.807) is 22.7 Å². The summed E-state index contributed by atoms with van der Waals surface area (Å²) in [5.41, 5.74) is 6.78. The SMILES string of the molecule is CCC1(CC)c2cc(C3=CC(=C4C(=O)c5cc(F)c(F)cc5C4=O)c4ccccc43)sc2-c2sc(C3=CC(=C4C(=O)c5cc(F)c(F)cc5C4=O)c4ccccc43)cc21. The van der Waals surface area contributed by atoms with Crippen molar-refractivity contribution in [3.05, 3.63) is 197 Å². The predicted octanol–water partition coefficient (Wildman–Crippen LogP) is 12.0. The molecule has 59 heavy (non-hydrogen) atoms. The molecule has 0 saturated carbocycles. The highest BCUT2D eigenvalue weighted by atomic mass is 32.1. The summed E-state index contributed by atoms with van der Waals surface area (Å²) in [5, 5.41) is 0. The molecule has 0 atom stereocenters. The fraction of sp³-hybridized carbons (Fsp3) is 0.102. The normalized spacial score (nSPS) is 16.8. The van der Waals surface area contributed by atoms with Crippen LogP contribution in [0.5, 0.6) is 0 Å². The molecule has 4 nitrogen and oxygen atoms in total. The highest BCUT2D eigenvalue weighted by Gasteiger charge is 2.46. The Kier molecular flexibility index (Phi) is 7.48. The molecular weight excluding hydrogens is 793 g/mol. The summed E-state index contributed by atoms with van der Waals surface area (Å²) >= 11 is 3.25. The van der Waals surface area contributed by atoms with Crippen LogP contribution in [0.25, 0.3) is 32.0 Å². The molecule has 5 aliphatic carbocycles. The van der Waals surface area contributed by atoms with E-state index in [9.17, 15) is 36.7 Å². The molecule has 10 heteroatoms. The maximum Gasteiger partial charge on any atom is 0.198 e. The molecule has 2 heterocycles. The first kappa shape index (κ1) is 35.8. The Balaban J connectivity index is 1.04. The number of hydrogen-bond donors (Lipinski definition) is 0. The Hall–Kier alpha value is -6.36. The standard InChI is InChI=1S/C49H26F4O4S2/c1-3-49(4-2)33-19-39(25-13-27(23-11-7-5-9-21(23)25)41-43(54)29-15-35(50)36(51)16-30(29)44(41)55)58-47(33)48-34(49)20-40(59-48)26-14-28(24-12-8-6-10-22(24)26)42-45(56)31-17-37(52)38(53)18-32(31)46(42)57/h5-20H,3-4H2,1-2H3. The Morgan fingerprint density at radius 2 is 0.780 bits per heavy atom. The first-order chi connectivity index (χ1) is 28.4. The zero-order valence-corrected chi connectivity index (χ0v) is 32.7. The van der Waals surface area contributed by atoms with E-state index in [4.69, 9.17) is 0 Å². The number of carbonyl (C=O) groups excluding carboxylic acids is 4. The van der Waals surface area contributed by atoms with E-state index in [0.29, 0.717) is 22.3 Å². The molecule has 6 aromatic rings. The maximum absolute atomic E-state index is 14.2. The van der Waals surface area contributed by atoms with Crippen LogP contribution < -0.4 is 0 Å². The molecule has 4 aromatic carbocycles. The van der Waals surface area contributed by atoms with Crippen molar-refractivity contribution in [2.45, 2.75) is 32.1 Å². The minimum Gasteiger partial charge on any atom is -0.288 e. The van der Waals surface area contributed by atoms with Crippen LogP contribution in [0, 0.1) is 23.3 Å². The maximum atomic E-state index is 14.2. The van der Waals surface area contributed by atoms with Crippen molar-refractivity contribution in [3.8, 4) is 9.75 Å². The van der Waals surface area contributed by atoms with E-state index in [2.05, 4.69) is 26.0 Å². The van der Waals surface area contributed by atoms with Gasteiger partial charge in [0.1, 0.15) is 0 Å². The number of hydrogen-bond acceptors (Lipinski definition) is 6. The van der Waals surface area contributed by atoms with Gasteiger partial charge in [-0.25, -0.2) is 17.6 Å². The van der Waals surface area contributed by atoms with Gasteiger partial charge >= 0.3 is 0 Å². The van der Waals surface area contributed by atoms with Gasteiger partial charge in [0.2, 0.25) is 0 Å². The van der Waals surface area contributed by atoms with Crippen LogP contribution in [0.15, 0.2) is 108 Å². The van der Waals surface area contributed by atoms with Gasteiger partial charge in [0.05, 0.1) is 11.1 Å². The van der Waals surface area contributed by atoms with Gasteiger partial charge in [0, 0.05) is 58.3 Å². The van der Waals surface area contributed by atoms with Crippen LogP contribution in [0.2, 0.25) is 0 Å². The van der Waals surface area contributed by atoms with Gasteiger partial charge in [-0.05, 0) is 106 Å². The fourth-order valence-corrected chi connectivity index (χ4v) is 12.4. The quantitative estimate of drug-likeness (QED) is 0.101. The van der Waals surface area contributed by atoms with Gasteiger partial charge in [0.15, 0.2) is 46.4 Å². The third-order valence-electron chi connectivity index (χ3n) is 12.6. The average Bonchev–Trinajstić information content (AvgIpc) is 4.10. The lowest BCUT2D eigenvalue weighted by atomic mass is 9.74. The lowest BCUT2D eigenvalue weighted by molar-refractivity contribution is 0.0974. The Morgan fingerprint density at radius 3 is 1.10 bits per heavy atom. The van der Waals surface area contributed by atoms with Crippen molar-refractivity contribution in [2.24, 2.45) is 0 Å². The molecule has 0 saturated heterocycles. The van der Waals surface area contributed by atoms with Crippen LogP contribution in [-0.4, -0.2) is 23.1 Å². The molecular formula is C49H26F4O4S2. The van der Waals surface area contributed by atoms with Crippen LogP contribution in [0.4, 0.5) is 17.6 Å². The van der Waals surface area contributed by atoms with Gasteiger partial charge in [-0.2, -0.15) is 0 Å². The molecule has 0 unspecified atom stereocenters. The number of thiophene rings is 2. The predicted molar refractivity (Wildman–Crippen MR) is 220 cm³/mol. The summed E-state index contributed by atoms with van der Waals surface area (Å²) in [6.45, 7) is 4.33. The van der Waals surface area contributed by atoms with Gasteiger partial charge < -0.3 is 0 Å². The summed E-state index contributed by atoms with van der Waals surface area (Å²) in [6.07, 6.45) is 5.29. The number of ketones is 4. The van der Waals surface area contributed by atoms with E-state index in [0.717, 1.165) is 78.9 Å². The van der Waals surface area contributed by atoms with E-state index >= 15 is 0 Å². The van der Waals surface area contributed by atoms with Crippen molar-refractivity contribution in [1.82, 2.24) is 0 Å². The van der Waals surface area contributed by atoms with Crippen LogP contribution in [0.1, 0.15) is 111 Å². The zero-order chi connectivity index (χ0) is 40.8. The molecule has 0 aliphatic heterocycles. The molecule has 11 rings (SSSR count). The van der Waals surface area contributed by atoms with Crippen LogP contribution in [-0.2, 0) is 5.41 Å². The number of halogens is 4. The van der Waals surface area contributed by atoms with E-state index in [1.165, 1.54) is 11.1 Å².